The number of halogens is 2. The van der Waals surface area contributed by atoms with E-state index in [1.54, 1.807) is 0 Å². The molecule has 110 valence electrons. The summed E-state index contributed by atoms with van der Waals surface area (Å²) in [5.41, 5.74) is -1.28. The lowest BCUT2D eigenvalue weighted by atomic mass is 10.1. The van der Waals surface area contributed by atoms with Gasteiger partial charge < -0.3 is 10.1 Å². The second-order valence-corrected chi connectivity index (χ2v) is 3.85. The molecule has 0 aliphatic heterocycles. The standard InChI is InChI=1S/C12H14F2N2O4/c1-2-20-5-3-4-15-12(17)8-6-9(13)10(14)7-11(8)16(18)19/h6-7H,2-5H2,1H3,(H,15,17). The summed E-state index contributed by atoms with van der Waals surface area (Å²) in [7, 11) is 0. The first-order valence-corrected chi connectivity index (χ1v) is 5.96. The Labute approximate surface area is 113 Å². The summed E-state index contributed by atoms with van der Waals surface area (Å²) in [5, 5.41) is 13.1. The molecule has 6 nitrogen and oxygen atoms in total. The minimum atomic E-state index is -1.37. The zero-order valence-electron chi connectivity index (χ0n) is 10.8. The molecule has 8 heteroatoms. The van der Waals surface area contributed by atoms with Gasteiger partial charge in [0.25, 0.3) is 11.6 Å². The third-order valence-electron chi connectivity index (χ3n) is 2.44. The lowest BCUT2D eigenvalue weighted by Gasteiger charge is -2.06. The van der Waals surface area contributed by atoms with E-state index in [2.05, 4.69) is 5.32 Å². The van der Waals surface area contributed by atoms with Crippen LogP contribution < -0.4 is 5.32 Å². The van der Waals surface area contributed by atoms with Crippen molar-refractivity contribution < 1.29 is 23.2 Å². The number of carbonyl (C=O) groups is 1. The quantitative estimate of drug-likeness (QED) is 0.473. The molecule has 0 bridgehead atoms. The van der Waals surface area contributed by atoms with Crippen molar-refractivity contribution >= 4 is 11.6 Å². The van der Waals surface area contributed by atoms with Gasteiger partial charge in [-0.2, -0.15) is 0 Å². The molecule has 1 aromatic rings. The molecular weight excluding hydrogens is 274 g/mol. The number of rotatable bonds is 7. The van der Waals surface area contributed by atoms with Crippen molar-refractivity contribution in [3.8, 4) is 0 Å². The van der Waals surface area contributed by atoms with Gasteiger partial charge in [0.15, 0.2) is 11.6 Å². The highest BCUT2D eigenvalue weighted by molar-refractivity contribution is 5.98. The minimum absolute atomic E-state index is 0.217. The maximum Gasteiger partial charge on any atom is 0.285 e. The van der Waals surface area contributed by atoms with E-state index >= 15 is 0 Å². The van der Waals surface area contributed by atoms with Crippen LogP contribution in [0.4, 0.5) is 14.5 Å². The van der Waals surface area contributed by atoms with Gasteiger partial charge in [0.05, 0.1) is 11.0 Å². The topological polar surface area (TPSA) is 81.5 Å². The number of hydrogen-bond acceptors (Lipinski definition) is 4. The predicted molar refractivity (Wildman–Crippen MR) is 66.5 cm³/mol. The third kappa shape index (κ3) is 4.23. The maximum atomic E-state index is 13.1. The number of nitro groups is 1. The molecule has 1 N–H and O–H groups in total. The smallest absolute Gasteiger partial charge is 0.285 e. The number of benzene rings is 1. The van der Waals surface area contributed by atoms with Crippen LogP contribution in [0.3, 0.4) is 0 Å². The van der Waals surface area contributed by atoms with Crippen LogP contribution in [0, 0.1) is 21.7 Å². The summed E-state index contributed by atoms with van der Waals surface area (Å²) >= 11 is 0. The van der Waals surface area contributed by atoms with E-state index in [-0.39, 0.29) is 6.54 Å². The Hall–Kier alpha value is -2.09. The Morgan fingerprint density at radius 2 is 2.05 bits per heavy atom. The number of nitrogens with zero attached hydrogens (tertiary/aromatic N) is 1. The molecule has 0 fully saturated rings. The van der Waals surface area contributed by atoms with Crippen molar-refractivity contribution in [2.24, 2.45) is 0 Å². The second-order valence-electron chi connectivity index (χ2n) is 3.85. The molecule has 0 aliphatic rings. The first-order chi connectivity index (χ1) is 9.47. The lowest BCUT2D eigenvalue weighted by molar-refractivity contribution is -0.385. The zero-order chi connectivity index (χ0) is 15.1. The average molecular weight is 288 g/mol. The molecule has 1 amide bonds. The number of nitrogens with one attached hydrogen (secondary N) is 1. The van der Waals surface area contributed by atoms with Gasteiger partial charge in [-0.3, -0.25) is 14.9 Å². The zero-order valence-corrected chi connectivity index (χ0v) is 10.8. The molecule has 0 radical (unpaired) electrons. The fourth-order valence-electron chi connectivity index (χ4n) is 1.48. The van der Waals surface area contributed by atoms with Gasteiger partial charge in [0.1, 0.15) is 5.56 Å². The van der Waals surface area contributed by atoms with Crippen molar-refractivity contribution in [2.75, 3.05) is 19.8 Å². The van der Waals surface area contributed by atoms with Crippen LogP contribution in [0.25, 0.3) is 0 Å². The highest BCUT2D eigenvalue weighted by atomic mass is 19.2. The fraction of sp³-hybridized carbons (Fsp3) is 0.417. The fourth-order valence-corrected chi connectivity index (χ4v) is 1.48. The highest BCUT2D eigenvalue weighted by Crippen LogP contribution is 2.22. The minimum Gasteiger partial charge on any atom is -0.382 e. The first-order valence-electron chi connectivity index (χ1n) is 5.96. The van der Waals surface area contributed by atoms with E-state index in [1.165, 1.54) is 0 Å². The summed E-state index contributed by atoms with van der Waals surface area (Å²) < 4.78 is 31.1. The van der Waals surface area contributed by atoms with E-state index in [4.69, 9.17) is 4.74 Å². The highest BCUT2D eigenvalue weighted by Gasteiger charge is 2.23. The molecule has 0 unspecified atom stereocenters. The summed E-state index contributed by atoms with van der Waals surface area (Å²) in [6, 6.07) is 0.912. The van der Waals surface area contributed by atoms with Gasteiger partial charge in [-0.05, 0) is 19.4 Å². The van der Waals surface area contributed by atoms with E-state index in [1.807, 2.05) is 6.92 Å². The molecule has 0 aliphatic carbocycles. The Morgan fingerprint density at radius 3 is 2.65 bits per heavy atom. The molecule has 0 heterocycles. The van der Waals surface area contributed by atoms with Crippen LogP contribution in [-0.4, -0.2) is 30.6 Å². The van der Waals surface area contributed by atoms with Crippen LogP contribution in [-0.2, 0) is 4.74 Å². The van der Waals surface area contributed by atoms with Crippen molar-refractivity contribution in [3.63, 3.8) is 0 Å². The van der Waals surface area contributed by atoms with Gasteiger partial charge >= 0.3 is 0 Å². The number of ether oxygens (including phenoxy) is 1. The van der Waals surface area contributed by atoms with E-state index < -0.39 is 33.7 Å². The molecular formula is C12H14F2N2O4. The number of amides is 1. The van der Waals surface area contributed by atoms with Crippen molar-refractivity contribution in [2.45, 2.75) is 13.3 Å². The Kier molecular flexibility index (Phi) is 5.98. The molecule has 0 spiro atoms. The van der Waals surface area contributed by atoms with Gasteiger partial charge in [-0.15, -0.1) is 0 Å². The van der Waals surface area contributed by atoms with Gasteiger partial charge in [-0.25, -0.2) is 8.78 Å². The van der Waals surface area contributed by atoms with Crippen LogP contribution in [0.5, 0.6) is 0 Å². The Morgan fingerprint density at radius 1 is 1.40 bits per heavy atom. The van der Waals surface area contributed by atoms with Crippen LogP contribution in [0.1, 0.15) is 23.7 Å². The van der Waals surface area contributed by atoms with Crippen LogP contribution in [0.2, 0.25) is 0 Å². The van der Waals surface area contributed by atoms with E-state index in [9.17, 15) is 23.7 Å². The molecule has 0 atom stereocenters. The summed E-state index contributed by atoms with van der Waals surface area (Å²) in [4.78, 5) is 21.5. The SMILES string of the molecule is CCOCCCNC(=O)c1cc(F)c(F)cc1[N+](=O)[O-]. The van der Waals surface area contributed by atoms with Gasteiger partial charge in [-0.1, -0.05) is 0 Å². The summed E-state index contributed by atoms with van der Waals surface area (Å²) in [5.74, 6) is -3.51. The van der Waals surface area contributed by atoms with E-state index in [0.29, 0.717) is 31.8 Å². The van der Waals surface area contributed by atoms with Crippen molar-refractivity contribution in [1.82, 2.24) is 5.32 Å². The van der Waals surface area contributed by atoms with Gasteiger partial charge in [0.2, 0.25) is 0 Å². The Bertz CT molecular complexity index is 508. The second kappa shape index (κ2) is 7.49. The molecule has 1 rings (SSSR count). The Balaban J connectivity index is 2.76. The molecule has 0 aromatic heterocycles. The number of carbonyl (C=O) groups excluding carboxylic acids is 1. The average Bonchev–Trinajstić information content (AvgIpc) is 2.40. The monoisotopic (exact) mass is 288 g/mol. The third-order valence-corrected chi connectivity index (χ3v) is 2.44. The summed E-state index contributed by atoms with van der Waals surface area (Å²) in [6.07, 6.45) is 0.511. The largest absolute Gasteiger partial charge is 0.382 e. The number of nitro benzene ring substituents is 1. The normalized spacial score (nSPS) is 10.3. The van der Waals surface area contributed by atoms with Crippen LogP contribution in [0.15, 0.2) is 12.1 Å². The van der Waals surface area contributed by atoms with E-state index in [0.717, 1.165) is 0 Å². The molecule has 20 heavy (non-hydrogen) atoms. The van der Waals surface area contributed by atoms with Crippen LogP contribution >= 0.6 is 0 Å². The maximum absolute atomic E-state index is 13.1. The lowest BCUT2D eigenvalue weighted by Crippen LogP contribution is -2.26. The first kappa shape index (κ1) is 16.0. The van der Waals surface area contributed by atoms with Gasteiger partial charge in [0, 0.05) is 19.8 Å². The molecule has 0 saturated heterocycles. The number of hydrogen-bond donors (Lipinski definition) is 1. The predicted octanol–water partition coefficient (Wildman–Crippen LogP) is 2.03. The summed E-state index contributed by atoms with van der Waals surface area (Å²) in [6.45, 7) is 3.01. The molecule has 1 aromatic carbocycles. The van der Waals surface area contributed by atoms with Crippen molar-refractivity contribution in [3.05, 3.63) is 39.4 Å². The molecule has 0 saturated carbocycles. The van der Waals surface area contributed by atoms with Crippen molar-refractivity contribution in [1.29, 1.82) is 0 Å².